The van der Waals surface area contributed by atoms with Crippen LogP contribution in [0.3, 0.4) is 0 Å². The van der Waals surface area contributed by atoms with Crippen LogP contribution in [-0.2, 0) is 0 Å². The van der Waals surface area contributed by atoms with E-state index >= 15 is 0 Å². The highest BCUT2D eigenvalue weighted by Crippen LogP contribution is 2.37. The molecule has 1 nitrogen and oxygen atoms in total. The second kappa shape index (κ2) is 4.54. The van der Waals surface area contributed by atoms with Crippen molar-refractivity contribution in [3.63, 3.8) is 0 Å². The van der Waals surface area contributed by atoms with E-state index < -0.39 is 36.4 Å². The molecular weight excluding hydrogens is 248 g/mol. The van der Waals surface area contributed by atoms with Gasteiger partial charge in [-0.25, -0.2) is 0 Å². The number of rotatable bonds is 1. The Morgan fingerprint density at radius 1 is 1.24 bits per heavy atom. The van der Waals surface area contributed by atoms with Crippen molar-refractivity contribution in [2.45, 2.75) is 24.8 Å². The molecule has 0 radical (unpaired) electrons. The molecule has 0 saturated carbocycles. The van der Waals surface area contributed by atoms with Gasteiger partial charge in [0.2, 0.25) is 0 Å². The van der Waals surface area contributed by atoms with E-state index in [9.17, 15) is 26.3 Å². The van der Waals surface area contributed by atoms with E-state index in [1.165, 1.54) is 6.08 Å². The molecule has 1 heterocycles. The molecule has 2 unspecified atom stereocenters. The van der Waals surface area contributed by atoms with E-state index in [0.29, 0.717) is 0 Å². The fourth-order valence-corrected chi connectivity index (χ4v) is 1.45. The third kappa shape index (κ3) is 3.34. The Morgan fingerprint density at radius 3 is 2.24 bits per heavy atom. The highest BCUT2D eigenvalue weighted by atomic mass is 19.4. The molecule has 0 spiro atoms. The molecule has 0 N–H and O–H groups in total. The lowest BCUT2D eigenvalue weighted by Gasteiger charge is -2.22. The normalized spacial score (nSPS) is 26.4. The lowest BCUT2D eigenvalue weighted by atomic mass is 9.98. The van der Waals surface area contributed by atoms with Gasteiger partial charge in [0.15, 0.2) is 0 Å². The first kappa shape index (κ1) is 13.8. The quantitative estimate of drug-likeness (QED) is 0.502. The van der Waals surface area contributed by atoms with Gasteiger partial charge in [0.25, 0.3) is 0 Å². The standard InChI is InChI=1S/C10H9F6N/c1-2-6-4-3-5-7(9(11,12)13)8(17-6)10(14,15)16/h2-4,6-7H,1,5H2. The first-order valence-corrected chi connectivity index (χ1v) is 4.67. The Balaban J connectivity index is 3.21. The topological polar surface area (TPSA) is 12.4 Å². The number of aliphatic imine (C=N–C) groups is 1. The average molecular weight is 257 g/mol. The highest BCUT2D eigenvalue weighted by Gasteiger charge is 2.52. The zero-order chi connectivity index (χ0) is 13.3. The summed E-state index contributed by atoms with van der Waals surface area (Å²) >= 11 is 0. The zero-order valence-corrected chi connectivity index (χ0v) is 8.52. The van der Waals surface area contributed by atoms with Crippen LogP contribution in [0.1, 0.15) is 6.42 Å². The average Bonchev–Trinajstić information content (AvgIpc) is 2.37. The molecule has 0 aliphatic carbocycles. The van der Waals surface area contributed by atoms with Gasteiger partial charge in [-0.1, -0.05) is 18.2 Å². The summed E-state index contributed by atoms with van der Waals surface area (Å²) in [6, 6.07) is -1.07. The maximum Gasteiger partial charge on any atom is 0.429 e. The lowest BCUT2D eigenvalue weighted by Crippen LogP contribution is -2.39. The first-order chi connectivity index (χ1) is 7.66. The predicted molar refractivity (Wildman–Crippen MR) is 50.8 cm³/mol. The Morgan fingerprint density at radius 2 is 1.82 bits per heavy atom. The molecule has 7 heteroatoms. The number of nitrogens with zero attached hydrogens (tertiary/aromatic N) is 1. The first-order valence-electron chi connectivity index (χ1n) is 4.67. The Kier molecular flexibility index (Phi) is 3.68. The van der Waals surface area contributed by atoms with Crippen LogP contribution in [-0.4, -0.2) is 24.1 Å². The molecule has 1 aliphatic heterocycles. The fourth-order valence-electron chi connectivity index (χ4n) is 1.45. The summed E-state index contributed by atoms with van der Waals surface area (Å²) in [5, 5.41) is 0. The molecule has 1 aliphatic rings. The summed E-state index contributed by atoms with van der Waals surface area (Å²) in [6.45, 7) is 3.22. The Hall–Kier alpha value is -1.27. The third-order valence-corrected chi connectivity index (χ3v) is 2.25. The number of alkyl halides is 6. The second-order valence-electron chi connectivity index (χ2n) is 3.50. The minimum absolute atomic E-state index is 0.758. The molecular formula is C10H9F6N. The molecule has 0 bridgehead atoms. The van der Waals surface area contributed by atoms with Crippen molar-refractivity contribution in [3.05, 3.63) is 24.8 Å². The monoisotopic (exact) mass is 257 g/mol. The molecule has 0 aromatic carbocycles. The van der Waals surface area contributed by atoms with E-state index in [1.54, 1.807) is 0 Å². The minimum Gasteiger partial charge on any atom is -0.272 e. The maximum atomic E-state index is 12.5. The smallest absolute Gasteiger partial charge is 0.272 e. The van der Waals surface area contributed by atoms with Gasteiger partial charge in [-0.2, -0.15) is 26.3 Å². The molecule has 0 saturated heterocycles. The van der Waals surface area contributed by atoms with Gasteiger partial charge < -0.3 is 0 Å². The summed E-state index contributed by atoms with van der Waals surface area (Å²) in [6.07, 6.45) is -7.54. The van der Waals surface area contributed by atoms with Crippen molar-refractivity contribution in [3.8, 4) is 0 Å². The van der Waals surface area contributed by atoms with Crippen molar-refractivity contribution in [1.29, 1.82) is 0 Å². The number of halogens is 6. The maximum absolute atomic E-state index is 12.5. The summed E-state index contributed by atoms with van der Waals surface area (Å²) in [4.78, 5) is 3.08. The van der Waals surface area contributed by atoms with Crippen molar-refractivity contribution in [1.82, 2.24) is 0 Å². The van der Waals surface area contributed by atoms with Gasteiger partial charge in [0, 0.05) is 0 Å². The van der Waals surface area contributed by atoms with Crippen LogP contribution in [0, 0.1) is 5.92 Å². The Bertz CT molecular complexity index is 349. The number of hydrogen-bond acceptors (Lipinski definition) is 1. The van der Waals surface area contributed by atoms with E-state index in [2.05, 4.69) is 11.6 Å². The number of allylic oxidation sites excluding steroid dienone is 1. The Labute approximate surface area is 93.5 Å². The van der Waals surface area contributed by atoms with Gasteiger partial charge in [0.05, 0.1) is 6.04 Å². The summed E-state index contributed by atoms with van der Waals surface area (Å²) < 4.78 is 75.0. The van der Waals surface area contributed by atoms with Gasteiger partial charge >= 0.3 is 12.4 Å². The third-order valence-electron chi connectivity index (χ3n) is 2.25. The van der Waals surface area contributed by atoms with Crippen LogP contribution in [0.5, 0.6) is 0 Å². The fraction of sp³-hybridized carbons (Fsp3) is 0.500. The van der Waals surface area contributed by atoms with Crippen molar-refractivity contribution in [2.75, 3.05) is 0 Å². The van der Waals surface area contributed by atoms with E-state index in [-0.39, 0.29) is 0 Å². The van der Waals surface area contributed by atoms with Crippen LogP contribution < -0.4 is 0 Å². The minimum atomic E-state index is -5.09. The van der Waals surface area contributed by atoms with Gasteiger partial charge in [-0.05, 0) is 6.42 Å². The molecule has 1 rings (SSSR count). The molecule has 0 amide bonds. The van der Waals surface area contributed by atoms with Crippen LogP contribution in [0.25, 0.3) is 0 Å². The zero-order valence-electron chi connectivity index (χ0n) is 8.52. The van der Waals surface area contributed by atoms with Crippen LogP contribution in [0.15, 0.2) is 29.8 Å². The van der Waals surface area contributed by atoms with E-state index in [0.717, 1.165) is 12.2 Å². The van der Waals surface area contributed by atoms with Crippen LogP contribution in [0.2, 0.25) is 0 Å². The van der Waals surface area contributed by atoms with Gasteiger partial charge in [0.1, 0.15) is 11.6 Å². The second-order valence-corrected chi connectivity index (χ2v) is 3.50. The summed E-state index contributed by atoms with van der Waals surface area (Å²) in [5.41, 5.74) is -1.79. The predicted octanol–water partition coefficient (Wildman–Crippen LogP) is 3.68. The van der Waals surface area contributed by atoms with Crippen molar-refractivity contribution >= 4 is 5.71 Å². The molecule has 0 aromatic heterocycles. The highest BCUT2D eigenvalue weighted by molar-refractivity contribution is 5.93. The molecule has 0 fully saturated rings. The van der Waals surface area contributed by atoms with Crippen molar-refractivity contribution in [2.24, 2.45) is 10.9 Å². The molecule has 0 aromatic rings. The molecule has 17 heavy (non-hydrogen) atoms. The summed E-state index contributed by atoms with van der Waals surface area (Å²) in [5.74, 6) is -2.61. The molecule has 2 atom stereocenters. The lowest BCUT2D eigenvalue weighted by molar-refractivity contribution is -0.163. The number of hydrogen-bond donors (Lipinski definition) is 0. The SMILES string of the molecule is C=CC1C=CCC(C(F)(F)F)C(C(F)(F)F)=N1. The molecule has 96 valence electrons. The van der Waals surface area contributed by atoms with Crippen molar-refractivity contribution < 1.29 is 26.3 Å². The van der Waals surface area contributed by atoms with Crippen LogP contribution >= 0.6 is 0 Å². The van der Waals surface area contributed by atoms with Gasteiger partial charge in [-0.15, -0.1) is 6.58 Å². The van der Waals surface area contributed by atoms with E-state index in [4.69, 9.17) is 0 Å². The van der Waals surface area contributed by atoms with Crippen LogP contribution in [0.4, 0.5) is 26.3 Å². The van der Waals surface area contributed by atoms with Gasteiger partial charge in [-0.3, -0.25) is 4.99 Å². The van der Waals surface area contributed by atoms with E-state index in [1.807, 2.05) is 0 Å². The largest absolute Gasteiger partial charge is 0.429 e. The summed E-state index contributed by atoms with van der Waals surface area (Å²) in [7, 11) is 0.